The van der Waals surface area contributed by atoms with Gasteiger partial charge in [0.15, 0.2) is 0 Å². The molecule has 0 radical (unpaired) electrons. The molecule has 0 aliphatic rings. The summed E-state index contributed by atoms with van der Waals surface area (Å²) in [5, 5.41) is 3.41. The third-order valence-corrected chi connectivity index (χ3v) is 9.89. The summed E-state index contributed by atoms with van der Waals surface area (Å²) in [6.45, 7) is 9.18. The zero-order valence-electron chi connectivity index (χ0n) is 27.0. The third-order valence-electron chi connectivity index (χ3n) is 7.74. The first-order valence-electron chi connectivity index (χ1n) is 15.4. The van der Waals surface area contributed by atoms with Crippen molar-refractivity contribution in [1.29, 1.82) is 0 Å². The van der Waals surface area contributed by atoms with Crippen molar-refractivity contribution in [1.82, 2.24) is 10.2 Å². The summed E-state index contributed by atoms with van der Waals surface area (Å²) in [6.07, 6.45) is 0.226. The average Bonchev–Trinajstić information content (AvgIpc) is 3.02. The number of aryl methyl sites for hydroxylation is 1. The summed E-state index contributed by atoms with van der Waals surface area (Å²) >= 11 is 6.56. The van der Waals surface area contributed by atoms with Gasteiger partial charge in [0.1, 0.15) is 12.6 Å². The highest BCUT2D eigenvalue weighted by Gasteiger charge is 2.35. The fourth-order valence-corrected chi connectivity index (χ4v) is 6.75. The lowest BCUT2D eigenvalue weighted by Gasteiger charge is -2.34. The largest absolute Gasteiger partial charge is 0.352 e. The summed E-state index contributed by atoms with van der Waals surface area (Å²) < 4.78 is 29.6. The van der Waals surface area contributed by atoms with Crippen LogP contribution in [0.5, 0.6) is 0 Å². The quantitative estimate of drug-likeness (QED) is 0.165. The predicted molar refractivity (Wildman–Crippen MR) is 185 cm³/mol. The van der Waals surface area contributed by atoms with Gasteiger partial charge in [0.2, 0.25) is 11.8 Å². The zero-order valence-corrected chi connectivity index (χ0v) is 28.6. The second-order valence-corrected chi connectivity index (χ2v) is 14.3. The van der Waals surface area contributed by atoms with Gasteiger partial charge in [0, 0.05) is 24.0 Å². The van der Waals surface area contributed by atoms with Crippen LogP contribution in [0.3, 0.4) is 0 Å². The SMILES string of the molecule is Cc1ccc(S(=O)(=O)N(CC(=O)N(Cc2ccccc2Cl)C(Cc2ccccc2)C(=O)NC(C)C)c2ccc(C(C)C)cc2)cc1. The van der Waals surface area contributed by atoms with Crippen LogP contribution < -0.4 is 9.62 Å². The standard InChI is InChI=1S/C37H42ClN3O4S/c1-26(2)30-17-19-32(20-18-30)41(46(44,45)33-21-15-28(5)16-22-33)25-36(42)40(24-31-13-9-10-14-34(31)38)35(37(43)39-27(3)4)23-29-11-7-6-8-12-29/h6-22,26-27,35H,23-25H2,1-5H3,(H,39,43). The van der Waals surface area contributed by atoms with Gasteiger partial charge < -0.3 is 10.2 Å². The van der Waals surface area contributed by atoms with E-state index in [9.17, 15) is 18.0 Å². The van der Waals surface area contributed by atoms with Gasteiger partial charge in [-0.15, -0.1) is 0 Å². The van der Waals surface area contributed by atoms with Crippen molar-refractivity contribution in [2.24, 2.45) is 0 Å². The molecule has 4 rings (SSSR count). The molecule has 4 aromatic rings. The van der Waals surface area contributed by atoms with E-state index >= 15 is 0 Å². The average molecular weight is 660 g/mol. The minimum absolute atomic E-state index is 0.00618. The molecule has 0 aliphatic carbocycles. The van der Waals surface area contributed by atoms with Gasteiger partial charge in [-0.25, -0.2) is 8.42 Å². The smallest absolute Gasteiger partial charge is 0.264 e. The lowest BCUT2D eigenvalue weighted by atomic mass is 10.0. The van der Waals surface area contributed by atoms with E-state index < -0.39 is 28.5 Å². The van der Waals surface area contributed by atoms with Crippen molar-refractivity contribution in [2.75, 3.05) is 10.8 Å². The van der Waals surface area contributed by atoms with Crippen molar-refractivity contribution in [3.8, 4) is 0 Å². The molecule has 0 aromatic heterocycles. The van der Waals surface area contributed by atoms with Crippen LogP contribution in [0.4, 0.5) is 5.69 Å². The Morgan fingerprint density at radius 3 is 2.00 bits per heavy atom. The molecule has 0 bridgehead atoms. The van der Waals surface area contributed by atoms with E-state index in [2.05, 4.69) is 19.2 Å². The number of carbonyl (C=O) groups is 2. The van der Waals surface area contributed by atoms with E-state index in [1.807, 2.05) is 69.3 Å². The van der Waals surface area contributed by atoms with Gasteiger partial charge in [-0.1, -0.05) is 104 Å². The number of sulfonamides is 1. The predicted octanol–water partition coefficient (Wildman–Crippen LogP) is 7.13. The molecule has 2 amide bonds. The summed E-state index contributed by atoms with van der Waals surface area (Å²) in [5.41, 5.74) is 3.80. The van der Waals surface area contributed by atoms with Crippen LogP contribution in [0.2, 0.25) is 5.02 Å². The summed E-state index contributed by atoms with van der Waals surface area (Å²) in [7, 11) is -4.18. The molecule has 4 aromatic carbocycles. The molecular weight excluding hydrogens is 618 g/mol. The lowest BCUT2D eigenvalue weighted by Crippen LogP contribution is -2.54. The number of carbonyl (C=O) groups excluding carboxylic acids is 2. The van der Waals surface area contributed by atoms with Crippen LogP contribution in [0.15, 0.2) is 108 Å². The number of nitrogens with zero attached hydrogens (tertiary/aromatic N) is 2. The van der Waals surface area contributed by atoms with E-state index in [4.69, 9.17) is 11.6 Å². The Bertz CT molecular complexity index is 1720. The molecule has 1 atom stereocenters. The molecule has 0 spiro atoms. The molecule has 1 N–H and O–H groups in total. The van der Waals surface area contributed by atoms with E-state index in [1.165, 1.54) is 4.90 Å². The molecule has 9 heteroatoms. The van der Waals surface area contributed by atoms with E-state index in [0.717, 1.165) is 21.0 Å². The van der Waals surface area contributed by atoms with Crippen LogP contribution in [0.25, 0.3) is 0 Å². The van der Waals surface area contributed by atoms with Crippen LogP contribution in [0, 0.1) is 6.92 Å². The minimum atomic E-state index is -4.18. The van der Waals surface area contributed by atoms with Gasteiger partial charge in [-0.3, -0.25) is 13.9 Å². The van der Waals surface area contributed by atoms with Gasteiger partial charge in [-0.2, -0.15) is 0 Å². The molecule has 0 saturated heterocycles. The molecular formula is C37H42ClN3O4S. The monoisotopic (exact) mass is 659 g/mol. The van der Waals surface area contributed by atoms with E-state index in [-0.39, 0.29) is 35.7 Å². The maximum atomic E-state index is 14.6. The summed E-state index contributed by atoms with van der Waals surface area (Å²) in [4.78, 5) is 29.9. The highest BCUT2D eigenvalue weighted by molar-refractivity contribution is 7.92. The molecule has 46 heavy (non-hydrogen) atoms. The fraction of sp³-hybridized carbons (Fsp3) is 0.297. The normalized spacial score (nSPS) is 12.2. The third kappa shape index (κ3) is 8.77. The Hall–Kier alpha value is -4.14. The molecule has 242 valence electrons. The fourth-order valence-electron chi connectivity index (χ4n) is 5.14. The van der Waals surface area contributed by atoms with Crippen LogP contribution >= 0.6 is 11.6 Å². The Kier molecular flexibility index (Phi) is 11.7. The first-order valence-corrected chi connectivity index (χ1v) is 17.2. The van der Waals surface area contributed by atoms with Crippen LogP contribution in [0.1, 0.15) is 55.9 Å². The number of rotatable bonds is 13. The van der Waals surface area contributed by atoms with Crippen molar-refractivity contribution < 1.29 is 18.0 Å². The number of hydrogen-bond donors (Lipinski definition) is 1. The highest BCUT2D eigenvalue weighted by atomic mass is 35.5. The van der Waals surface area contributed by atoms with Gasteiger partial charge in [0.25, 0.3) is 10.0 Å². The highest BCUT2D eigenvalue weighted by Crippen LogP contribution is 2.28. The molecule has 0 aliphatic heterocycles. The van der Waals surface area contributed by atoms with Crippen molar-refractivity contribution >= 4 is 39.1 Å². The number of anilines is 1. The Morgan fingerprint density at radius 2 is 1.41 bits per heavy atom. The number of halogens is 1. The minimum Gasteiger partial charge on any atom is -0.352 e. The lowest BCUT2D eigenvalue weighted by molar-refractivity contribution is -0.140. The number of nitrogens with one attached hydrogen (secondary N) is 1. The maximum Gasteiger partial charge on any atom is 0.264 e. The number of hydrogen-bond acceptors (Lipinski definition) is 4. The second kappa shape index (κ2) is 15.4. The molecule has 0 fully saturated rings. The number of benzene rings is 4. The summed E-state index contributed by atoms with van der Waals surface area (Å²) in [6, 6.07) is 29.2. The molecule has 7 nitrogen and oxygen atoms in total. The topological polar surface area (TPSA) is 86.8 Å². The van der Waals surface area contributed by atoms with Gasteiger partial charge >= 0.3 is 0 Å². The zero-order chi connectivity index (χ0) is 33.4. The van der Waals surface area contributed by atoms with Crippen LogP contribution in [-0.2, 0) is 32.6 Å². The van der Waals surface area contributed by atoms with Gasteiger partial charge in [-0.05, 0) is 73.7 Å². The van der Waals surface area contributed by atoms with E-state index in [1.54, 1.807) is 54.6 Å². The molecule has 0 heterocycles. The second-order valence-electron chi connectivity index (χ2n) is 12.1. The molecule has 0 saturated carbocycles. The summed E-state index contributed by atoms with van der Waals surface area (Å²) in [5.74, 6) is -0.640. The van der Waals surface area contributed by atoms with Crippen molar-refractivity contribution in [2.45, 2.75) is 70.5 Å². The van der Waals surface area contributed by atoms with Gasteiger partial charge in [0.05, 0.1) is 10.6 Å². The first-order chi connectivity index (χ1) is 21.9. The van der Waals surface area contributed by atoms with Crippen LogP contribution in [-0.4, -0.2) is 43.8 Å². The molecule has 1 unspecified atom stereocenters. The van der Waals surface area contributed by atoms with Crippen molar-refractivity contribution in [3.05, 3.63) is 130 Å². The Balaban J connectivity index is 1.82. The Labute approximate surface area is 278 Å². The van der Waals surface area contributed by atoms with E-state index in [0.29, 0.717) is 16.3 Å². The maximum absolute atomic E-state index is 14.6. The van der Waals surface area contributed by atoms with Crippen molar-refractivity contribution in [3.63, 3.8) is 0 Å². The Morgan fingerprint density at radius 1 is 0.804 bits per heavy atom. The first kappa shape index (κ1) is 34.7. The number of amides is 2.